The van der Waals surface area contributed by atoms with E-state index in [4.69, 9.17) is 0 Å². The van der Waals surface area contributed by atoms with E-state index >= 15 is 0 Å². The Balaban J connectivity index is 1.39. The third kappa shape index (κ3) is 2.81. The smallest absolute Gasteiger partial charge is 0.0794 e. The van der Waals surface area contributed by atoms with Crippen LogP contribution in [0.1, 0.15) is 24.1 Å². The summed E-state index contributed by atoms with van der Waals surface area (Å²) in [6.45, 7) is 4.87. The molecule has 0 bridgehead atoms. The van der Waals surface area contributed by atoms with Crippen molar-refractivity contribution in [3.63, 3.8) is 0 Å². The Morgan fingerprint density at radius 3 is 3.12 bits per heavy atom. The Kier molecular flexibility index (Phi) is 3.22. The van der Waals surface area contributed by atoms with Crippen LogP contribution in [0, 0.1) is 5.92 Å². The molecule has 1 aliphatic carbocycles. The van der Waals surface area contributed by atoms with Crippen molar-refractivity contribution in [2.45, 2.75) is 31.8 Å². The lowest BCUT2D eigenvalue weighted by Crippen LogP contribution is -2.32. The highest BCUT2D eigenvalue weighted by Crippen LogP contribution is 2.30. The largest absolute Gasteiger partial charge is 0.308 e. The Hall–Kier alpha value is -0.450. The minimum atomic E-state index is 0.695. The maximum absolute atomic E-state index is 4.10. The van der Waals surface area contributed by atoms with Gasteiger partial charge in [0.25, 0.3) is 0 Å². The zero-order valence-electron chi connectivity index (χ0n) is 9.56. The number of nitrogens with one attached hydrogen (secondary N) is 1. The second kappa shape index (κ2) is 4.82. The van der Waals surface area contributed by atoms with Gasteiger partial charge in [-0.25, -0.2) is 0 Å². The van der Waals surface area contributed by atoms with Gasteiger partial charge in [0.2, 0.25) is 0 Å². The van der Waals surface area contributed by atoms with E-state index in [9.17, 15) is 0 Å². The molecule has 1 aromatic rings. The lowest BCUT2D eigenvalue weighted by Gasteiger charge is -2.15. The van der Waals surface area contributed by atoms with Gasteiger partial charge >= 0.3 is 0 Å². The molecule has 0 spiro atoms. The normalized spacial score (nSPS) is 26.4. The molecule has 0 amide bonds. The molecule has 3 nitrogen and oxygen atoms in total. The number of hydrogen-bond donors (Lipinski definition) is 1. The van der Waals surface area contributed by atoms with Crippen LogP contribution in [0.4, 0.5) is 0 Å². The summed E-state index contributed by atoms with van der Waals surface area (Å²) in [5.41, 5.74) is 1.91. The van der Waals surface area contributed by atoms with E-state index in [2.05, 4.69) is 15.2 Å². The lowest BCUT2D eigenvalue weighted by molar-refractivity contribution is 0.314. The van der Waals surface area contributed by atoms with Gasteiger partial charge in [-0.2, -0.15) is 0 Å². The quantitative estimate of drug-likeness (QED) is 0.845. The van der Waals surface area contributed by atoms with Crippen LogP contribution in [0.5, 0.6) is 0 Å². The first kappa shape index (κ1) is 10.7. The second-order valence-electron chi connectivity index (χ2n) is 5.04. The molecule has 1 atom stereocenters. The molecule has 1 N–H and O–H groups in total. The highest BCUT2D eigenvalue weighted by atomic mass is 32.1. The molecule has 1 unspecified atom stereocenters. The standard InChI is InChI=1S/C12H19N3S/c1-2-10(1)7-15-4-3-11(8-15)14-6-12-5-13-9-16-12/h5,9-11,14H,1-4,6-8H2. The van der Waals surface area contributed by atoms with E-state index in [0.717, 1.165) is 12.5 Å². The molecule has 0 radical (unpaired) electrons. The molecule has 2 heterocycles. The summed E-state index contributed by atoms with van der Waals surface area (Å²) in [6.07, 6.45) is 6.21. The monoisotopic (exact) mass is 237 g/mol. The van der Waals surface area contributed by atoms with Crippen LogP contribution < -0.4 is 5.32 Å². The number of nitrogens with zero attached hydrogens (tertiary/aromatic N) is 2. The van der Waals surface area contributed by atoms with Gasteiger partial charge in [-0.3, -0.25) is 4.98 Å². The van der Waals surface area contributed by atoms with Gasteiger partial charge in [0.05, 0.1) is 5.51 Å². The zero-order valence-corrected chi connectivity index (χ0v) is 10.4. The molecule has 1 saturated heterocycles. The minimum absolute atomic E-state index is 0.695. The SMILES string of the molecule is c1ncc(CNC2CCN(CC3CC3)C2)s1. The van der Waals surface area contributed by atoms with Crippen LogP contribution in [-0.4, -0.2) is 35.6 Å². The number of aromatic nitrogens is 1. The van der Waals surface area contributed by atoms with Crippen LogP contribution >= 0.6 is 11.3 Å². The summed E-state index contributed by atoms with van der Waals surface area (Å²) < 4.78 is 0. The van der Waals surface area contributed by atoms with Crippen molar-refractivity contribution in [1.82, 2.24) is 15.2 Å². The summed E-state index contributed by atoms with van der Waals surface area (Å²) in [5, 5.41) is 3.64. The molecule has 1 saturated carbocycles. The minimum Gasteiger partial charge on any atom is -0.308 e. The number of likely N-dealkylation sites (tertiary alicyclic amines) is 1. The van der Waals surface area contributed by atoms with Crippen molar-refractivity contribution < 1.29 is 0 Å². The fraction of sp³-hybridized carbons (Fsp3) is 0.750. The van der Waals surface area contributed by atoms with Crippen LogP contribution in [0.15, 0.2) is 11.7 Å². The Labute approximate surface area is 101 Å². The maximum Gasteiger partial charge on any atom is 0.0794 e. The predicted octanol–water partition coefficient (Wildman–Crippen LogP) is 1.72. The van der Waals surface area contributed by atoms with Crippen molar-refractivity contribution in [3.8, 4) is 0 Å². The zero-order chi connectivity index (χ0) is 10.8. The third-order valence-electron chi connectivity index (χ3n) is 3.53. The summed E-state index contributed by atoms with van der Waals surface area (Å²) in [6, 6.07) is 0.695. The van der Waals surface area contributed by atoms with Gasteiger partial charge < -0.3 is 10.2 Å². The summed E-state index contributed by atoms with van der Waals surface area (Å²) in [5.74, 6) is 1.03. The molecule has 0 aromatic carbocycles. The van der Waals surface area contributed by atoms with Crippen LogP contribution in [0.2, 0.25) is 0 Å². The fourth-order valence-corrected chi connectivity index (χ4v) is 2.95. The van der Waals surface area contributed by atoms with Crippen molar-refractivity contribution in [2.75, 3.05) is 19.6 Å². The number of hydrogen-bond acceptors (Lipinski definition) is 4. The van der Waals surface area contributed by atoms with E-state index in [1.54, 1.807) is 11.3 Å². The molecular formula is C12H19N3S. The molecule has 2 fully saturated rings. The van der Waals surface area contributed by atoms with Gasteiger partial charge in [-0.05, 0) is 31.7 Å². The number of thiazole rings is 1. The molecule has 1 aromatic heterocycles. The van der Waals surface area contributed by atoms with E-state index in [1.165, 1.54) is 43.8 Å². The highest BCUT2D eigenvalue weighted by molar-refractivity contribution is 7.09. The van der Waals surface area contributed by atoms with Crippen molar-refractivity contribution in [3.05, 3.63) is 16.6 Å². The topological polar surface area (TPSA) is 28.2 Å². The van der Waals surface area contributed by atoms with Crippen LogP contribution in [0.3, 0.4) is 0 Å². The molecule has 2 aliphatic rings. The van der Waals surface area contributed by atoms with Crippen molar-refractivity contribution in [2.24, 2.45) is 5.92 Å². The molecular weight excluding hydrogens is 218 g/mol. The Morgan fingerprint density at radius 1 is 1.44 bits per heavy atom. The van der Waals surface area contributed by atoms with Crippen molar-refractivity contribution >= 4 is 11.3 Å². The Bertz CT molecular complexity index is 321. The first-order chi connectivity index (χ1) is 7.90. The van der Waals surface area contributed by atoms with E-state index in [-0.39, 0.29) is 0 Å². The summed E-state index contributed by atoms with van der Waals surface area (Å²) in [7, 11) is 0. The molecule has 88 valence electrons. The molecule has 16 heavy (non-hydrogen) atoms. The highest BCUT2D eigenvalue weighted by Gasteiger charge is 2.28. The van der Waals surface area contributed by atoms with Crippen LogP contribution in [-0.2, 0) is 6.54 Å². The summed E-state index contributed by atoms with van der Waals surface area (Å²) in [4.78, 5) is 8.07. The second-order valence-corrected chi connectivity index (χ2v) is 6.01. The molecule has 1 aliphatic heterocycles. The van der Waals surface area contributed by atoms with Crippen molar-refractivity contribution in [1.29, 1.82) is 0 Å². The van der Waals surface area contributed by atoms with Gasteiger partial charge in [0, 0.05) is 36.8 Å². The Morgan fingerprint density at radius 2 is 2.38 bits per heavy atom. The maximum atomic E-state index is 4.10. The lowest BCUT2D eigenvalue weighted by atomic mass is 10.2. The third-order valence-corrected chi connectivity index (χ3v) is 4.31. The van der Waals surface area contributed by atoms with Crippen LogP contribution in [0.25, 0.3) is 0 Å². The van der Waals surface area contributed by atoms with Gasteiger partial charge in [-0.1, -0.05) is 0 Å². The van der Waals surface area contributed by atoms with E-state index < -0.39 is 0 Å². The van der Waals surface area contributed by atoms with Gasteiger partial charge in [-0.15, -0.1) is 11.3 Å². The average Bonchev–Trinajstić information content (AvgIpc) is 2.81. The van der Waals surface area contributed by atoms with E-state index in [0.29, 0.717) is 6.04 Å². The first-order valence-electron chi connectivity index (χ1n) is 6.23. The van der Waals surface area contributed by atoms with Gasteiger partial charge in [0.1, 0.15) is 0 Å². The summed E-state index contributed by atoms with van der Waals surface area (Å²) >= 11 is 1.74. The predicted molar refractivity (Wildman–Crippen MR) is 66.5 cm³/mol. The fourth-order valence-electron chi connectivity index (χ4n) is 2.41. The van der Waals surface area contributed by atoms with E-state index in [1.807, 2.05) is 11.7 Å². The molecule has 4 heteroatoms. The average molecular weight is 237 g/mol. The first-order valence-corrected chi connectivity index (χ1v) is 7.11. The molecule has 3 rings (SSSR count). The number of rotatable bonds is 5. The van der Waals surface area contributed by atoms with Gasteiger partial charge in [0.15, 0.2) is 0 Å².